The molecule has 0 saturated heterocycles. The van der Waals surface area contributed by atoms with Crippen LogP contribution in [0, 0.1) is 0 Å². The van der Waals surface area contributed by atoms with Crippen LogP contribution in [-0.4, -0.2) is 16.5 Å². The maximum absolute atomic E-state index is 4.24. The second kappa shape index (κ2) is 2.62. The number of hydrogen-bond acceptors (Lipinski definition) is 3. The first-order chi connectivity index (χ1) is 5.47. The fraction of sp³-hybridized carbons (Fsp3) is 0.125. The van der Waals surface area contributed by atoms with Crippen molar-refractivity contribution in [1.29, 1.82) is 0 Å². The van der Waals surface area contributed by atoms with Crippen LogP contribution in [0.2, 0.25) is 0 Å². The third-order valence-corrected chi connectivity index (χ3v) is 1.48. The molecule has 2 heterocycles. The van der Waals surface area contributed by atoms with E-state index >= 15 is 0 Å². The summed E-state index contributed by atoms with van der Waals surface area (Å²) in [6.45, 7) is 0.719. The lowest BCUT2D eigenvalue weighted by atomic mass is 10.4. The van der Waals surface area contributed by atoms with Gasteiger partial charge in [0.25, 0.3) is 0 Å². The molecule has 0 fully saturated rings. The van der Waals surface area contributed by atoms with Gasteiger partial charge in [0, 0.05) is 0 Å². The van der Waals surface area contributed by atoms with Gasteiger partial charge in [-0.25, -0.2) is 9.97 Å². The monoisotopic (exact) mass is 145 g/mol. The highest BCUT2D eigenvalue weighted by Gasteiger charge is 1.87. The maximum atomic E-state index is 4.24. The van der Waals surface area contributed by atoms with Crippen molar-refractivity contribution in [3.05, 3.63) is 35.4 Å². The zero-order chi connectivity index (χ0) is 7.52. The number of fused-ring (bicyclic) bond motifs is 1. The molecule has 0 N–H and O–H groups in total. The summed E-state index contributed by atoms with van der Waals surface area (Å²) >= 11 is 0. The largest absolute Gasteiger partial charge is 0.277 e. The lowest BCUT2D eigenvalue weighted by molar-refractivity contribution is 1.03. The summed E-state index contributed by atoms with van der Waals surface area (Å²) in [5.41, 5.74) is 0. The Morgan fingerprint density at radius 2 is 2.36 bits per heavy atom. The SMILES string of the molecule is C1=CCN=c2cncnc2=C1. The Hall–Kier alpha value is -1.51. The van der Waals surface area contributed by atoms with E-state index in [0.717, 1.165) is 17.3 Å². The van der Waals surface area contributed by atoms with E-state index in [1.54, 1.807) is 6.20 Å². The van der Waals surface area contributed by atoms with E-state index in [-0.39, 0.29) is 0 Å². The maximum Gasteiger partial charge on any atom is 0.116 e. The summed E-state index contributed by atoms with van der Waals surface area (Å²) in [5, 5.41) is 1.77. The Morgan fingerprint density at radius 3 is 3.36 bits per heavy atom. The van der Waals surface area contributed by atoms with E-state index < -0.39 is 0 Å². The van der Waals surface area contributed by atoms with Crippen molar-refractivity contribution in [1.82, 2.24) is 9.97 Å². The smallest absolute Gasteiger partial charge is 0.116 e. The number of nitrogens with zero attached hydrogens (tertiary/aromatic N) is 3. The van der Waals surface area contributed by atoms with Gasteiger partial charge in [0.15, 0.2) is 0 Å². The molecule has 0 atom stereocenters. The molecule has 1 aliphatic rings. The van der Waals surface area contributed by atoms with Crippen LogP contribution in [0.4, 0.5) is 0 Å². The Labute approximate surface area is 63.8 Å². The Balaban J connectivity index is 2.81. The van der Waals surface area contributed by atoms with Gasteiger partial charge in [0.05, 0.1) is 18.1 Å². The van der Waals surface area contributed by atoms with Crippen molar-refractivity contribution in [2.75, 3.05) is 6.54 Å². The molecule has 0 radical (unpaired) electrons. The summed E-state index contributed by atoms with van der Waals surface area (Å²) in [6.07, 6.45) is 9.15. The van der Waals surface area contributed by atoms with Crippen LogP contribution in [0.25, 0.3) is 6.08 Å². The molecule has 1 aromatic heterocycles. The minimum absolute atomic E-state index is 0.719. The van der Waals surface area contributed by atoms with Crippen LogP contribution >= 0.6 is 0 Å². The van der Waals surface area contributed by atoms with Crippen LogP contribution in [0.1, 0.15) is 0 Å². The molecular formula is C8H7N3. The van der Waals surface area contributed by atoms with Gasteiger partial charge in [-0.2, -0.15) is 0 Å². The zero-order valence-electron chi connectivity index (χ0n) is 5.94. The van der Waals surface area contributed by atoms with Gasteiger partial charge in [-0.3, -0.25) is 4.99 Å². The minimum Gasteiger partial charge on any atom is -0.277 e. The van der Waals surface area contributed by atoms with Gasteiger partial charge >= 0.3 is 0 Å². The van der Waals surface area contributed by atoms with Crippen LogP contribution < -0.4 is 10.7 Å². The summed E-state index contributed by atoms with van der Waals surface area (Å²) < 4.78 is 0. The fourth-order valence-corrected chi connectivity index (χ4v) is 0.953. The Kier molecular flexibility index (Phi) is 1.48. The fourth-order valence-electron chi connectivity index (χ4n) is 0.953. The molecule has 3 heteroatoms. The second-order valence-corrected chi connectivity index (χ2v) is 2.23. The van der Waals surface area contributed by atoms with E-state index in [1.807, 2.05) is 18.2 Å². The van der Waals surface area contributed by atoms with Gasteiger partial charge in [0.2, 0.25) is 0 Å². The Bertz CT molecular complexity index is 392. The summed E-state index contributed by atoms with van der Waals surface area (Å²) in [4.78, 5) is 12.2. The molecule has 0 bridgehead atoms. The van der Waals surface area contributed by atoms with Gasteiger partial charge in [0.1, 0.15) is 11.7 Å². The van der Waals surface area contributed by atoms with E-state index in [1.165, 1.54) is 6.33 Å². The molecule has 0 aliphatic carbocycles. The molecule has 1 aromatic rings. The van der Waals surface area contributed by atoms with E-state index in [9.17, 15) is 0 Å². The van der Waals surface area contributed by atoms with E-state index in [2.05, 4.69) is 15.0 Å². The molecule has 0 saturated carbocycles. The number of hydrogen-bond donors (Lipinski definition) is 0. The average Bonchev–Trinajstić information content (AvgIpc) is 2.28. The summed E-state index contributed by atoms with van der Waals surface area (Å²) in [7, 11) is 0. The third-order valence-electron chi connectivity index (χ3n) is 1.48. The Morgan fingerprint density at radius 1 is 1.36 bits per heavy atom. The standard InChI is InChI=1S/C8H7N3/c1-2-4-10-8-5-9-6-11-7(8)3-1/h1-3,5-6H,4H2. The van der Waals surface area contributed by atoms with Crippen molar-refractivity contribution in [3.63, 3.8) is 0 Å². The molecule has 0 aromatic carbocycles. The quantitative estimate of drug-likeness (QED) is 0.491. The van der Waals surface area contributed by atoms with Crippen molar-refractivity contribution in [3.8, 4) is 0 Å². The van der Waals surface area contributed by atoms with E-state index in [4.69, 9.17) is 0 Å². The predicted molar refractivity (Wildman–Crippen MR) is 41.3 cm³/mol. The van der Waals surface area contributed by atoms with Gasteiger partial charge in [-0.05, 0) is 6.08 Å². The van der Waals surface area contributed by atoms with Crippen LogP contribution in [0.15, 0.2) is 29.7 Å². The third kappa shape index (κ3) is 1.17. The highest BCUT2D eigenvalue weighted by atomic mass is 14.8. The second-order valence-electron chi connectivity index (χ2n) is 2.23. The molecule has 3 nitrogen and oxygen atoms in total. The van der Waals surface area contributed by atoms with Gasteiger partial charge in [-0.15, -0.1) is 0 Å². The summed E-state index contributed by atoms with van der Waals surface area (Å²) in [6, 6.07) is 0. The van der Waals surface area contributed by atoms with Crippen molar-refractivity contribution in [2.45, 2.75) is 0 Å². The highest BCUT2D eigenvalue weighted by Crippen LogP contribution is 1.77. The zero-order valence-corrected chi connectivity index (χ0v) is 5.94. The van der Waals surface area contributed by atoms with Gasteiger partial charge in [-0.1, -0.05) is 12.2 Å². The van der Waals surface area contributed by atoms with E-state index in [0.29, 0.717) is 0 Å². The first-order valence-corrected chi connectivity index (χ1v) is 3.44. The normalized spacial score (nSPS) is 14.2. The molecular weight excluding hydrogens is 138 g/mol. The van der Waals surface area contributed by atoms with Crippen LogP contribution in [-0.2, 0) is 0 Å². The van der Waals surface area contributed by atoms with Gasteiger partial charge < -0.3 is 0 Å². The lowest BCUT2D eigenvalue weighted by Gasteiger charge is -1.83. The minimum atomic E-state index is 0.719. The van der Waals surface area contributed by atoms with Crippen molar-refractivity contribution >= 4 is 6.08 Å². The molecule has 2 rings (SSSR count). The molecule has 0 unspecified atom stereocenters. The average molecular weight is 145 g/mol. The molecule has 1 aliphatic heterocycles. The first-order valence-electron chi connectivity index (χ1n) is 3.44. The highest BCUT2D eigenvalue weighted by molar-refractivity contribution is 5.34. The lowest BCUT2D eigenvalue weighted by Crippen LogP contribution is -2.28. The van der Waals surface area contributed by atoms with Crippen LogP contribution in [0.3, 0.4) is 0 Å². The number of allylic oxidation sites excluding steroid dienone is 1. The van der Waals surface area contributed by atoms with Crippen LogP contribution in [0.5, 0.6) is 0 Å². The number of rotatable bonds is 0. The molecule has 54 valence electrons. The van der Waals surface area contributed by atoms with Crippen molar-refractivity contribution < 1.29 is 0 Å². The molecule has 11 heavy (non-hydrogen) atoms. The molecule has 0 spiro atoms. The topological polar surface area (TPSA) is 38.1 Å². The first kappa shape index (κ1) is 6.22. The molecule has 0 amide bonds. The summed E-state index contributed by atoms with van der Waals surface area (Å²) in [5.74, 6) is 0. The number of aromatic nitrogens is 2. The van der Waals surface area contributed by atoms with Crippen molar-refractivity contribution in [2.24, 2.45) is 4.99 Å². The predicted octanol–water partition coefficient (Wildman–Crippen LogP) is -0.553.